The Labute approximate surface area is 101 Å². The molecule has 16 heavy (non-hydrogen) atoms. The van der Waals surface area contributed by atoms with Crippen molar-refractivity contribution in [1.82, 2.24) is 0 Å². The van der Waals surface area contributed by atoms with Gasteiger partial charge in [0.25, 0.3) is 0 Å². The highest BCUT2D eigenvalue weighted by Gasteiger charge is 2.03. The molecule has 1 aromatic carbocycles. The molecule has 1 aromatic rings. The highest BCUT2D eigenvalue weighted by atomic mass is 32.2. The van der Waals surface area contributed by atoms with E-state index in [0.29, 0.717) is 5.56 Å². The molecule has 0 aliphatic carbocycles. The van der Waals surface area contributed by atoms with Crippen LogP contribution in [0.2, 0.25) is 0 Å². The molecule has 0 spiro atoms. The zero-order chi connectivity index (χ0) is 11.8. The summed E-state index contributed by atoms with van der Waals surface area (Å²) in [5, 5.41) is 0. The van der Waals surface area contributed by atoms with Crippen LogP contribution in [0.1, 0.15) is 36.5 Å². The molecule has 0 bridgehead atoms. The smallest absolute Gasteiger partial charge is 0.337 e. The lowest BCUT2D eigenvalue weighted by molar-refractivity contribution is 0.0600. The third-order valence-corrected chi connectivity index (χ3v) is 3.39. The predicted molar refractivity (Wildman–Crippen MR) is 68.0 cm³/mol. The monoisotopic (exact) mass is 238 g/mol. The van der Waals surface area contributed by atoms with Crippen LogP contribution in [0, 0.1) is 0 Å². The van der Waals surface area contributed by atoms with Crippen molar-refractivity contribution in [2.24, 2.45) is 0 Å². The quantitative estimate of drug-likeness (QED) is 0.429. The van der Waals surface area contributed by atoms with Crippen LogP contribution < -0.4 is 0 Å². The molecular formula is C13H18O2S. The lowest BCUT2D eigenvalue weighted by Crippen LogP contribution is -2.00. The summed E-state index contributed by atoms with van der Waals surface area (Å²) in [5.41, 5.74) is 0.611. The molecule has 0 aliphatic heterocycles. The van der Waals surface area contributed by atoms with Gasteiger partial charge in [0, 0.05) is 4.90 Å². The third-order valence-electron chi connectivity index (χ3n) is 2.29. The van der Waals surface area contributed by atoms with Gasteiger partial charge in [-0.3, -0.25) is 0 Å². The Balaban J connectivity index is 2.42. The van der Waals surface area contributed by atoms with E-state index in [1.54, 1.807) is 0 Å². The molecule has 0 N–H and O–H groups in total. The van der Waals surface area contributed by atoms with Gasteiger partial charge in [0.15, 0.2) is 0 Å². The molecule has 0 saturated heterocycles. The van der Waals surface area contributed by atoms with Crippen molar-refractivity contribution >= 4 is 17.7 Å². The van der Waals surface area contributed by atoms with Gasteiger partial charge in [-0.1, -0.05) is 19.8 Å². The third kappa shape index (κ3) is 4.27. The maximum absolute atomic E-state index is 11.2. The molecule has 0 saturated carbocycles. The predicted octanol–water partition coefficient (Wildman–Crippen LogP) is 3.76. The van der Waals surface area contributed by atoms with E-state index in [4.69, 9.17) is 0 Å². The Kier molecular flexibility index (Phi) is 6.01. The molecule has 2 nitrogen and oxygen atoms in total. The van der Waals surface area contributed by atoms with E-state index in [1.807, 2.05) is 36.0 Å². The van der Waals surface area contributed by atoms with Crippen molar-refractivity contribution in [2.75, 3.05) is 12.9 Å². The van der Waals surface area contributed by atoms with Crippen molar-refractivity contribution in [1.29, 1.82) is 0 Å². The summed E-state index contributed by atoms with van der Waals surface area (Å²) in [6.07, 6.45) is 3.79. The molecule has 0 amide bonds. The first-order valence-corrected chi connectivity index (χ1v) is 6.57. The Bertz CT molecular complexity index is 319. The average molecular weight is 238 g/mol. The average Bonchev–Trinajstić information content (AvgIpc) is 2.34. The van der Waals surface area contributed by atoms with Gasteiger partial charge >= 0.3 is 5.97 Å². The van der Waals surface area contributed by atoms with Gasteiger partial charge in [-0.15, -0.1) is 11.8 Å². The number of hydrogen-bond donors (Lipinski definition) is 0. The maximum atomic E-state index is 11.2. The summed E-state index contributed by atoms with van der Waals surface area (Å²) in [6, 6.07) is 7.58. The first kappa shape index (κ1) is 13.1. The molecule has 0 atom stereocenters. The number of ether oxygens (including phenoxy) is 1. The summed E-state index contributed by atoms with van der Waals surface area (Å²) in [7, 11) is 1.40. The molecular weight excluding hydrogens is 220 g/mol. The number of benzene rings is 1. The minimum atomic E-state index is -0.275. The van der Waals surface area contributed by atoms with Crippen molar-refractivity contribution in [3.05, 3.63) is 29.8 Å². The lowest BCUT2D eigenvalue weighted by atomic mass is 10.2. The lowest BCUT2D eigenvalue weighted by Gasteiger charge is -2.02. The van der Waals surface area contributed by atoms with Crippen LogP contribution in [-0.2, 0) is 4.74 Å². The van der Waals surface area contributed by atoms with Crippen LogP contribution >= 0.6 is 11.8 Å². The Morgan fingerprint density at radius 2 is 1.94 bits per heavy atom. The fourth-order valence-electron chi connectivity index (χ4n) is 1.35. The first-order chi connectivity index (χ1) is 7.77. The Morgan fingerprint density at radius 3 is 2.50 bits per heavy atom. The van der Waals surface area contributed by atoms with Gasteiger partial charge < -0.3 is 4.74 Å². The van der Waals surface area contributed by atoms with Crippen LogP contribution in [0.15, 0.2) is 29.2 Å². The number of unbranched alkanes of at least 4 members (excludes halogenated alkanes) is 2. The van der Waals surface area contributed by atoms with E-state index >= 15 is 0 Å². The summed E-state index contributed by atoms with van der Waals surface area (Å²) in [5.74, 6) is 0.869. The van der Waals surface area contributed by atoms with Gasteiger partial charge in [-0.2, -0.15) is 0 Å². The SMILES string of the molecule is CCCCCSc1ccc(C(=O)OC)cc1. The number of carbonyl (C=O) groups excluding carboxylic acids is 1. The van der Waals surface area contributed by atoms with Gasteiger partial charge in [0.2, 0.25) is 0 Å². The number of hydrogen-bond acceptors (Lipinski definition) is 3. The fraction of sp³-hybridized carbons (Fsp3) is 0.462. The van der Waals surface area contributed by atoms with E-state index < -0.39 is 0 Å². The van der Waals surface area contributed by atoms with Crippen LogP contribution in [0.25, 0.3) is 0 Å². The van der Waals surface area contributed by atoms with Crippen molar-refractivity contribution in [2.45, 2.75) is 31.1 Å². The molecule has 0 unspecified atom stereocenters. The van der Waals surface area contributed by atoms with E-state index in [2.05, 4.69) is 11.7 Å². The molecule has 0 fully saturated rings. The van der Waals surface area contributed by atoms with Crippen molar-refractivity contribution < 1.29 is 9.53 Å². The van der Waals surface area contributed by atoms with Gasteiger partial charge in [-0.05, 0) is 36.4 Å². The van der Waals surface area contributed by atoms with Crippen LogP contribution in [0.5, 0.6) is 0 Å². The minimum Gasteiger partial charge on any atom is -0.465 e. The van der Waals surface area contributed by atoms with Gasteiger partial charge in [-0.25, -0.2) is 4.79 Å². The van der Waals surface area contributed by atoms with Crippen molar-refractivity contribution in [3.8, 4) is 0 Å². The second kappa shape index (κ2) is 7.34. The molecule has 1 rings (SSSR count). The van der Waals surface area contributed by atoms with E-state index in [1.165, 1.54) is 31.3 Å². The molecule has 0 aliphatic rings. The van der Waals surface area contributed by atoms with Crippen LogP contribution in [0.3, 0.4) is 0 Å². The first-order valence-electron chi connectivity index (χ1n) is 5.59. The standard InChI is InChI=1S/C13H18O2S/c1-3-4-5-10-16-12-8-6-11(7-9-12)13(14)15-2/h6-9H,3-5,10H2,1-2H3. The summed E-state index contributed by atoms with van der Waals surface area (Å²) < 4.78 is 4.64. The maximum Gasteiger partial charge on any atom is 0.337 e. The molecule has 88 valence electrons. The van der Waals surface area contributed by atoms with E-state index in [-0.39, 0.29) is 5.97 Å². The number of rotatable bonds is 6. The Morgan fingerprint density at radius 1 is 1.25 bits per heavy atom. The second-order valence-corrected chi connectivity index (χ2v) is 4.74. The molecule has 0 aromatic heterocycles. The van der Waals surface area contributed by atoms with Crippen LogP contribution in [-0.4, -0.2) is 18.8 Å². The normalized spacial score (nSPS) is 10.1. The molecule has 0 radical (unpaired) electrons. The van der Waals surface area contributed by atoms with E-state index in [0.717, 1.165) is 5.75 Å². The zero-order valence-corrected chi connectivity index (χ0v) is 10.7. The summed E-state index contributed by atoms with van der Waals surface area (Å²) in [4.78, 5) is 12.4. The highest BCUT2D eigenvalue weighted by Crippen LogP contribution is 2.20. The number of carbonyl (C=O) groups is 1. The fourth-order valence-corrected chi connectivity index (χ4v) is 2.26. The zero-order valence-electron chi connectivity index (χ0n) is 9.86. The minimum absolute atomic E-state index is 0.275. The number of esters is 1. The highest BCUT2D eigenvalue weighted by molar-refractivity contribution is 7.99. The largest absolute Gasteiger partial charge is 0.465 e. The van der Waals surface area contributed by atoms with Gasteiger partial charge in [0.1, 0.15) is 0 Å². The topological polar surface area (TPSA) is 26.3 Å². The summed E-state index contributed by atoms with van der Waals surface area (Å²) in [6.45, 7) is 2.20. The van der Waals surface area contributed by atoms with Crippen LogP contribution in [0.4, 0.5) is 0 Å². The van der Waals surface area contributed by atoms with Gasteiger partial charge in [0.05, 0.1) is 12.7 Å². The Hall–Kier alpha value is -0.960. The van der Waals surface area contributed by atoms with Crippen molar-refractivity contribution in [3.63, 3.8) is 0 Å². The van der Waals surface area contributed by atoms with E-state index in [9.17, 15) is 4.79 Å². The number of methoxy groups -OCH3 is 1. The second-order valence-electron chi connectivity index (χ2n) is 3.57. The summed E-state index contributed by atoms with van der Waals surface area (Å²) >= 11 is 1.84. The molecule has 3 heteroatoms. The molecule has 0 heterocycles. The number of thioether (sulfide) groups is 1.